The zero-order valence-electron chi connectivity index (χ0n) is 23.0. The molecule has 0 aromatic heterocycles. The molecule has 1 aliphatic heterocycles. The minimum Gasteiger partial charge on any atom is -0.464 e. The van der Waals surface area contributed by atoms with Crippen molar-refractivity contribution in [2.45, 2.75) is 98.1 Å². The van der Waals surface area contributed by atoms with Gasteiger partial charge in [-0.25, -0.2) is 14.2 Å². The monoisotopic (exact) mass is 555 g/mol. The average Bonchev–Trinajstić information content (AvgIpc) is 2.79. The molecule has 1 rings (SSSR count). The van der Waals surface area contributed by atoms with Crippen molar-refractivity contribution in [3.63, 3.8) is 0 Å². The van der Waals surface area contributed by atoms with Gasteiger partial charge in [0.15, 0.2) is 4.90 Å². The minimum absolute atomic E-state index is 0.0846. The molecule has 0 spiro atoms. The standard InChI is InChI=1S/C22H43N3O9P2/c1-10-30-19(26)18(23-20(27)33-21(5,6)7)15-13-14-16-25-17(4)24-34-36(29,32-12-3)22(8,9)35(25,28)31-11-2/h18H,10-16H2,1-9H3,(H,23,27). The molecule has 0 bridgehead atoms. The number of nitrogens with one attached hydrogen (secondary N) is 1. The lowest BCUT2D eigenvalue weighted by molar-refractivity contribution is -0.145. The van der Waals surface area contributed by atoms with Gasteiger partial charge < -0.3 is 23.9 Å². The fourth-order valence-corrected chi connectivity index (χ4v) is 8.86. The summed E-state index contributed by atoms with van der Waals surface area (Å²) in [7, 11) is -7.74. The van der Waals surface area contributed by atoms with E-state index in [1.807, 2.05) is 0 Å². The number of nitrogens with zero attached hydrogens (tertiary/aromatic N) is 2. The number of oxime groups is 1. The van der Waals surface area contributed by atoms with Crippen LogP contribution in [0.5, 0.6) is 0 Å². The molecule has 0 fully saturated rings. The largest absolute Gasteiger partial charge is 0.464 e. The first-order valence-electron chi connectivity index (χ1n) is 12.2. The molecule has 36 heavy (non-hydrogen) atoms. The summed E-state index contributed by atoms with van der Waals surface area (Å²) < 4.78 is 56.1. The molecule has 1 heterocycles. The molecule has 210 valence electrons. The highest BCUT2D eigenvalue weighted by atomic mass is 31.2. The maximum absolute atomic E-state index is 14.3. The van der Waals surface area contributed by atoms with Crippen LogP contribution >= 0.6 is 15.1 Å². The normalized spacial score (nSPS) is 24.7. The number of unbranched alkanes of at least 4 members (excludes halogenated alkanes) is 1. The van der Waals surface area contributed by atoms with E-state index < -0.39 is 43.7 Å². The Labute approximate surface area is 214 Å². The number of hydrogen-bond donors (Lipinski definition) is 1. The number of rotatable bonds is 12. The van der Waals surface area contributed by atoms with E-state index in [1.165, 1.54) is 18.5 Å². The van der Waals surface area contributed by atoms with Gasteiger partial charge in [-0.1, -0.05) is 5.16 Å². The summed E-state index contributed by atoms with van der Waals surface area (Å²) in [5.74, 6) is -0.325. The molecular weight excluding hydrogens is 512 g/mol. The van der Waals surface area contributed by atoms with Crippen LogP contribution in [0.3, 0.4) is 0 Å². The predicted molar refractivity (Wildman–Crippen MR) is 137 cm³/mol. The topological polar surface area (TPSA) is 142 Å². The quantitative estimate of drug-likeness (QED) is 0.187. The maximum Gasteiger partial charge on any atom is 0.416 e. The first kappa shape index (κ1) is 32.4. The third-order valence-corrected chi connectivity index (χ3v) is 12.2. The third-order valence-electron chi connectivity index (χ3n) is 5.31. The Hall–Kier alpha value is -1.61. The molecule has 1 aliphatic rings. The number of esters is 1. The van der Waals surface area contributed by atoms with E-state index in [1.54, 1.807) is 48.5 Å². The predicted octanol–water partition coefficient (Wildman–Crippen LogP) is 5.47. The second-order valence-corrected chi connectivity index (χ2v) is 15.4. The zero-order chi connectivity index (χ0) is 27.8. The minimum atomic E-state index is -3.93. The Morgan fingerprint density at radius 3 is 2.22 bits per heavy atom. The molecule has 12 nitrogen and oxygen atoms in total. The maximum atomic E-state index is 14.3. The van der Waals surface area contributed by atoms with Crippen molar-refractivity contribution in [2.24, 2.45) is 5.16 Å². The molecule has 0 aromatic rings. The van der Waals surface area contributed by atoms with Gasteiger partial charge >= 0.3 is 27.2 Å². The van der Waals surface area contributed by atoms with Crippen LogP contribution in [0.2, 0.25) is 0 Å². The molecule has 1 amide bonds. The third kappa shape index (κ3) is 7.94. The van der Waals surface area contributed by atoms with Gasteiger partial charge in [0.2, 0.25) is 0 Å². The number of carbonyl (C=O) groups is 2. The van der Waals surface area contributed by atoms with E-state index in [2.05, 4.69) is 10.5 Å². The van der Waals surface area contributed by atoms with Crippen LogP contribution in [0.1, 0.15) is 81.6 Å². The number of hydrogen-bond acceptors (Lipinski definition) is 10. The molecule has 14 heteroatoms. The van der Waals surface area contributed by atoms with Crippen molar-refractivity contribution < 1.29 is 41.9 Å². The van der Waals surface area contributed by atoms with Gasteiger partial charge in [-0.15, -0.1) is 0 Å². The van der Waals surface area contributed by atoms with Gasteiger partial charge in [0.05, 0.1) is 19.8 Å². The average molecular weight is 556 g/mol. The van der Waals surface area contributed by atoms with E-state index in [0.29, 0.717) is 12.8 Å². The molecule has 0 saturated carbocycles. The van der Waals surface area contributed by atoms with Crippen LogP contribution in [-0.4, -0.2) is 65.5 Å². The fraction of sp³-hybridized carbons (Fsp3) is 0.864. The van der Waals surface area contributed by atoms with E-state index in [4.69, 9.17) is 23.1 Å². The molecule has 0 saturated heterocycles. The van der Waals surface area contributed by atoms with Crippen molar-refractivity contribution in [3.05, 3.63) is 0 Å². The Morgan fingerprint density at radius 2 is 1.69 bits per heavy atom. The summed E-state index contributed by atoms with van der Waals surface area (Å²) in [6.45, 7) is 15.5. The van der Waals surface area contributed by atoms with E-state index in [9.17, 15) is 18.7 Å². The first-order chi connectivity index (χ1) is 16.6. The van der Waals surface area contributed by atoms with Crippen molar-refractivity contribution in [2.75, 3.05) is 26.4 Å². The van der Waals surface area contributed by atoms with Crippen molar-refractivity contribution in [1.82, 2.24) is 9.99 Å². The number of alkyl carbamates (subject to hydrolysis) is 1. The molecule has 0 aromatic carbocycles. The van der Waals surface area contributed by atoms with Crippen molar-refractivity contribution in [3.8, 4) is 0 Å². The molecule has 3 atom stereocenters. The van der Waals surface area contributed by atoms with Crippen LogP contribution < -0.4 is 5.32 Å². The van der Waals surface area contributed by atoms with Gasteiger partial charge in [0, 0.05) is 6.54 Å². The molecule has 0 radical (unpaired) electrons. The lowest BCUT2D eigenvalue weighted by atomic mass is 10.1. The number of amidine groups is 1. The molecule has 3 unspecified atom stereocenters. The van der Waals surface area contributed by atoms with Crippen molar-refractivity contribution in [1.29, 1.82) is 0 Å². The first-order valence-corrected chi connectivity index (χ1v) is 15.4. The number of carbonyl (C=O) groups excluding carboxylic acids is 2. The fourth-order valence-electron chi connectivity index (χ4n) is 3.50. The number of amides is 1. The molecular formula is C22H43N3O9P2. The van der Waals surface area contributed by atoms with Crippen LogP contribution in [0.15, 0.2) is 5.16 Å². The Balaban J connectivity index is 3.03. The Morgan fingerprint density at radius 1 is 1.08 bits per heavy atom. The summed E-state index contributed by atoms with van der Waals surface area (Å²) in [6.07, 6.45) is 0.450. The van der Waals surface area contributed by atoms with Crippen LogP contribution in [-0.2, 0) is 37.1 Å². The highest BCUT2D eigenvalue weighted by Gasteiger charge is 2.63. The second kappa shape index (κ2) is 13.3. The van der Waals surface area contributed by atoms with E-state index in [-0.39, 0.29) is 38.6 Å². The summed E-state index contributed by atoms with van der Waals surface area (Å²) in [6, 6.07) is -0.907. The Bertz CT molecular complexity index is 886. The molecule has 1 N–H and O–H groups in total. The highest BCUT2D eigenvalue weighted by Crippen LogP contribution is 2.79. The zero-order valence-corrected chi connectivity index (χ0v) is 24.8. The van der Waals surface area contributed by atoms with Crippen LogP contribution in [0.4, 0.5) is 4.79 Å². The van der Waals surface area contributed by atoms with Crippen LogP contribution in [0, 0.1) is 0 Å². The number of ether oxygens (including phenoxy) is 2. The summed E-state index contributed by atoms with van der Waals surface area (Å²) in [5, 5.41) is 6.51. The second-order valence-electron chi connectivity index (χ2n) is 9.64. The highest BCUT2D eigenvalue weighted by molar-refractivity contribution is 7.75. The van der Waals surface area contributed by atoms with Gasteiger partial charge in [-0.3, -0.25) is 13.8 Å². The van der Waals surface area contributed by atoms with Gasteiger partial charge in [-0.2, -0.15) is 0 Å². The lowest BCUT2D eigenvalue weighted by Crippen LogP contribution is -2.44. The summed E-state index contributed by atoms with van der Waals surface area (Å²) in [4.78, 5) is 23.1. The molecule has 0 aliphatic carbocycles. The SMILES string of the molecule is CCOC(=O)C(CCCCN1C(C)=NOP(=O)(OCC)C(C)(C)P1(=O)OCC)NC(=O)OC(C)(C)C. The van der Waals surface area contributed by atoms with Crippen LogP contribution in [0.25, 0.3) is 0 Å². The van der Waals surface area contributed by atoms with E-state index >= 15 is 0 Å². The lowest BCUT2D eigenvalue weighted by Gasteiger charge is -2.40. The van der Waals surface area contributed by atoms with Gasteiger partial charge in [0.1, 0.15) is 17.5 Å². The van der Waals surface area contributed by atoms with E-state index in [0.717, 1.165) is 0 Å². The summed E-state index contributed by atoms with van der Waals surface area (Å²) in [5.41, 5.74) is -0.719. The Kier molecular flexibility index (Phi) is 11.9. The smallest absolute Gasteiger partial charge is 0.416 e. The summed E-state index contributed by atoms with van der Waals surface area (Å²) >= 11 is 0. The van der Waals surface area contributed by atoms with Gasteiger partial charge in [0.25, 0.3) is 0 Å². The van der Waals surface area contributed by atoms with Crippen molar-refractivity contribution >= 4 is 33.0 Å². The van der Waals surface area contributed by atoms with Gasteiger partial charge in [-0.05, 0) is 81.6 Å².